The van der Waals surface area contributed by atoms with Gasteiger partial charge in [-0.3, -0.25) is 4.79 Å². The van der Waals surface area contributed by atoms with E-state index < -0.39 is 0 Å². The van der Waals surface area contributed by atoms with Crippen molar-refractivity contribution in [2.24, 2.45) is 0 Å². The lowest BCUT2D eigenvalue weighted by molar-refractivity contribution is -0.124. The summed E-state index contributed by atoms with van der Waals surface area (Å²) in [6.07, 6.45) is 4.41. The topological polar surface area (TPSA) is 48.0 Å². The largest absolute Gasteiger partial charge is 0.497 e. The minimum atomic E-state index is 0.0285. The van der Waals surface area contributed by atoms with Crippen LogP contribution >= 0.6 is 0 Å². The summed E-state index contributed by atoms with van der Waals surface area (Å²) in [6, 6.07) is 13.7. The molecule has 1 fully saturated rings. The zero-order valence-corrected chi connectivity index (χ0v) is 16.0. The molecule has 3 rings (SSSR count). The second-order valence-electron chi connectivity index (χ2n) is 6.49. The third-order valence-electron chi connectivity index (χ3n) is 4.91. The lowest BCUT2D eigenvalue weighted by atomic mass is 9.98. The van der Waals surface area contributed by atoms with Crippen LogP contribution in [0.1, 0.15) is 23.5 Å². The highest BCUT2D eigenvalue weighted by Crippen LogP contribution is 2.30. The number of methoxy groups -OCH3 is 3. The van der Waals surface area contributed by atoms with Gasteiger partial charge >= 0.3 is 0 Å². The number of carbonyl (C=O) groups excluding carboxylic acids is 1. The lowest BCUT2D eigenvalue weighted by Crippen LogP contribution is -2.26. The molecule has 0 radical (unpaired) electrons. The Morgan fingerprint density at radius 2 is 1.74 bits per heavy atom. The smallest absolute Gasteiger partial charge is 0.246 e. The maximum atomic E-state index is 12.5. The number of nitrogens with zero attached hydrogens (tertiary/aromatic N) is 1. The Bertz CT molecular complexity index is 814. The summed E-state index contributed by atoms with van der Waals surface area (Å²) in [4.78, 5) is 14.4. The Morgan fingerprint density at radius 3 is 2.41 bits per heavy atom. The van der Waals surface area contributed by atoms with Crippen molar-refractivity contribution >= 4 is 12.0 Å². The van der Waals surface area contributed by atoms with Gasteiger partial charge in [-0.2, -0.15) is 0 Å². The van der Waals surface area contributed by atoms with Gasteiger partial charge in [0.05, 0.1) is 21.3 Å². The molecule has 0 N–H and O–H groups in total. The molecule has 1 aliphatic heterocycles. The molecule has 0 aliphatic carbocycles. The zero-order valence-electron chi connectivity index (χ0n) is 16.0. The van der Waals surface area contributed by atoms with Gasteiger partial charge in [0.2, 0.25) is 5.91 Å². The van der Waals surface area contributed by atoms with E-state index in [4.69, 9.17) is 14.2 Å². The molecule has 2 aromatic rings. The predicted octanol–water partition coefficient (Wildman–Crippen LogP) is 3.74. The van der Waals surface area contributed by atoms with E-state index in [2.05, 4.69) is 12.1 Å². The fraction of sp³-hybridized carbons (Fsp3) is 0.318. The van der Waals surface area contributed by atoms with Gasteiger partial charge in [0.15, 0.2) is 11.5 Å². The summed E-state index contributed by atoms with van der Waals surface area (Å²) >= 11 is 0. The minimum absolute atomic E-state index is 0.0285. The predicted molar refractivity (Wildman–Crippen MR) is 106 cm³/mol. The Balaban J connectivity index is 1.62. The van der Waals surface area contributed by atoms with Crippen molar-refractivity contribution in [1.29, 1.82) is 0 Å². The average molecular weight is 367 g/mol. The molecule has 27 heavy (non-hydrogen) atoms. The Kier molecular flexibility index (Phi) is 6.01. The van der Waals surface area contributed by atoms with Crippen molar-refractivity contribution < 1.29 is 19.0 Å². The number of amides is 1. The fourth-order valence-electron chi connectivity index (χ4n) is 3.34. The second-order valence-corrected chi connectivity index (χ2v) is 6.49. The summed E-state index contributed by atoms with van der Waals surface area (Å²) in [5.41, 5.74) is 2.14. The van der Waals surface area contributed by atoms with Crippen molar-refractivity contribution in [2.75, 3.05) is 34.4 Å². The first-order valence-electron chi connectivity index (χ1n) is 8.97. The number of hydrogen-bond donors (Lipinski definition) is 0. The van der Waals surface area contributed by atoms with Crippen LogP contribution in [0.25, 0.3) is 6.08 Å². The number of benzene rings is 2. The van der Waals surface area contributed by atoms with E-state index in [0.29, 0.717) is 17.4 Å². The summed E-state index contributed by atoms with van der Waals surface area (Å²) in [5.74, 6) is 2.56. The molecule has 5 heteroatoms. The van der Waals surface area contributed by atoms with Crippen molar-refractivity contribution in [3.8, 4) is 17.2 Å². The molecule has 1 saturated heterocycles. The number of rotatable bonds is 6. The van der Waals surface area contributed by atoms with Crippen LogP contribution in [0.2, 0.25) is 0 Å². The van der Waals surface area contributed by atoms with Crippen LogP contribution in [0.3, 0.4) is 0 Å². The van der Waals surface area contributed by atoms with E-state index >= 15 is 0 Å². The molecule has 1 heterocycles. The Labute approximate surface area is 160 Å². The number of hydrogen-bond acceptors (Lipinski definition) is 4. The average Bonchev–Trinajstić information content (AvgIpc) is 3.22. The highest BCUT2D eigenvalue weighted by Gasteiger charge is 2.26. The van der Waals surface area contributed by atoms with E-state index in [-0.39, 0.29) is 5.91 Å². The standard InChI is InChI=1S/C22H25NO4/c1-25-19-8-6-17(7-9-19)18-12-13-23(15-18)22(24)11-5-16-4-10-20(26-2)21(14-16)27-3/h4-11,14,18H,12-13,15H2,1-3H3/b11-5+. The molecular formula is C22H25NO4. The van der Waals surface area contributed by atoms with Crippen LogP contribution in [-0.4, -0.2) is 45.2 Å². The molecule has 1 aliphatic rings. The van der Waals surface area contributed by atoms with Gasteiger partial charge in [-0.25, -0.2) is 0 Å². The lowest BCUT2D eigenvalue weighted by Gasteiger charge is -2.15. The summed E-state index contributed by atoms with van der Waals surface area (Å²) in [6.45, 7) is 1.51. The first kappa shape index (κ1) is 18.8. The molecule has 0 spiro atoms. The van der Waals surface area contributed by atoms with Gasteiger partial charge in [-0.15, -0.1) is 0 Å². The van der Waals surface area contributed by atoms with E-state index in [1.54, 1.807) is 27.4 Å². The Morgan fingerprint density at radius 1 is 1.00 bits per heavy atom. The SMILES string of the molecule is COc1ccc(C2CCN(C(=O)/C=C/c3ccc(OC)c(OC)c3)C2)cc1. The monoisotopic (exact) mass is 367 g/mol. The third kappa shape index (κ3) is 4.42. The maximum Gasteiger partial charge on any atom is 0.246 e. The summed E-state index contributed by atoms with van der Waals surface area (Å²) < 4.78 is 15.7. The third-order valence-corrected chi connectivity index (χ3v) is 4.91. The van der Waals surface area contributed by atoms with Gasteiger partial charge in [0.25, 0.3) is 0 Å². The highest BCUT2D eigenvalue weighted by atomic mass is 16.5. The van der Waals surface area contributed by atoms with E-state index in [1.807, 2.05) is 41.3 Å². The van der Waals surface area contributed by atoms with Crippen molar-refractivity contribution in [3.05, 3.63) is 59.7 Å². The molecule has 0 bridgehead atoms. The van der Waals surface area contributed by atoms with Crippen LogP contribution in [-0.2, 0) is 4.79 Å². The molecule has 1 amide bonds. The van der Waals surface area contributed by atoms with Crippen LogP contribution in [0.15, 0.2) is 48.5 Å². The number of carbonyl (C=O) groups is 1. The summed E-state index contributed by atoms with van der Waals surface area (Å²) in [7, 11) is 4.86. The molecule has 1 atom stereocenters. The molecule has 1 unspecified atom stereocenters. The van der Waals surface area contributed by atoms with Crippen LogP contribution in [0.4, 0.5) is 0 Å². The zero-order chi connectivity index (χ0) is 19.2. The van der Waals surface area contributed by atoms with Crippen LogP contribution in [0, 0.1) is 0 Å². The van der Waals surface area contributed by atoms with E-state index in [1.165, 1.54) is 5.56 Å². The fourth-order valence-corrected chi connectivity index (χ4v) is 3.34. The molecule has 0 saturated carbocycles. The van der Waals surface area contributed by atoms with Gasteiger partial charge in [0, 0.05) is 25.1 Å². The van der Waals surface area contributed by atoms with Crippen LogP contribution < -0.4 is 14.2 Å². The van der Waals surface area contributed by atoms with Gasteiger partial charge in [0.1, 0.15) is 5.75 Å². The Hall–Kier alpha value is -2.95. The first-order valence-corrected chi connectivity index (χ1v) is 8.97. The van der Waals surface area contributed by atoms with Crippen molar-refractivity contribution in [3.63, 3.8) is 0 Å². The van der Waals surface area contributed by atoms with E-state index in [0.717, 1.165) is 30.8 Å². The molecule has 5 nitrogen and oxygen atoms in total. The van der Waals surface area contributed by atoms with Crippen LogP contribution in [0.5, 0.6) is 17.2 Å². The van der Waals surface area contributed by atoms with Gasteiger partial charge in [-0.1, -0.05) is 18.2 Å². The van der Waals surface area contributed by atoms with Gasteiger partial charge in [-0.05, 0) is 47.9 Å². The van der Waals surface area contributed by atoms with Gasteiger partial charge < -0.3 is 19.1 Å². The summed E-state index contributed by atoms with van der Waals surface area (Å²) in [5, 5.41) is 0. The number of ether oxygens (including phenoxy) is 3. The highest BCUT2D eigenvalue weighted by molar-refractivity contribution is 5.92. The van der Waals surface area contributed by atoms with Crippen molar-refractivity contribution in [1.82, 2.24) is 4.90 Å². The normalized spacial score (nSPS) is 16.6. The van der Waals surface area contributed by atoms with E-state index in [9.17, 15) is 4.79 Å². The molecule has 142 valence electrons. The second kappa shape index (κ2) is 8.62. The quantitative estimate of drug-likeness (QED) is 0.730. The first-order chi connectivity index (χ1) is 13.1. The molecule has 2 aromatic carbocycles. The maximum absolute atomic E-state index is 12.5. The molecular weight excluding hydrogens is 342 g/mol. The van der Waals surface area contributed by atoms with Crippen molar-refractivity contribution in [2.45, 2.75) is 12.3 Å². The molecule has 0 aromatic heterocycles. The number of likely N-dealkylation sites (tertiary alicyclic amines) is 1. The minimum Gasteiger partial charge on any atom is -0.497 e.